The molecule has 0 atom stereocenters. The molecule has 170 valence electrons. The van der Waals surface area contributed by atoms with Gasteiger partial charge in [0.2, 0.25) is 0 Å². The molecule has 31 heavy (non-hydrogen) atoms. The Morgan fingerprint density at radius 1 is 1.03 bits per heavy atom. The van der Waals surface area contributed by atoms with Gasteiger partial charge in [-0.2, -0.15) is 13.2 Å². The van der Waals surface area contributed by atoms with Gasteiger partial charge in [-0.25, -0.2) is 4.99 Å². The molecule has 0 saturated carbocycles. The summed E-state index contributed by atoms with van der Waals surface area (Å²) in [6, 6.07) is 11.0. The number of rotatable bonds is 8. The fourth-order valence-corrected chi connectivity index (χ4v) is 2.56. The third-order valence-electron chi connectivity index (χ3n) is 4.09. The van der Waals surface area contributed by atoms with Gasteiger partial charge in [-0.05, 0) is 49.2 Å². The molecule has 0 spiro atoms. The van der Waals surface area contributed by atoms with Crippen LogP contribution in [0.4, 0.5) is 13.2 Å². The summed E-state index contributed by atoms with van der Waals surface area (Å²) in [6.45, 7) is 3.75. The number of amides is 1. The maximum Gasteiger partial charge on any atom is 0.416 e. The molecule has 0 bridgehead atoms. The van der Waals surface area contributed by atoms with Crippen LogP contribution in [-0.4, -0.2) is 36.6 Å². The smallest absolute Gasteiger partial charge is 0.416 e. The molecule has 4 N–H and O–H groups in total. The van der Waals surface area contributed by atoms with Gasteiger partial charge < -0.3 is 21.1 Å². The van der Waals surface area contributed by atoms with Crippen LogP contribution in [0, 0.1) is 0 Å². The predicted molar refractivity (Wildman–Crippen MR) is 125 cm³/mol. The van der Waals surface area contributed by atoms with E-state index in [1.54, 1.807) is 12.1 Å². The van der Waals surface area contributed by atoms with E-state index >= 15 is 0 Å². The number of halogens is 4. The van der Waals surface area contributed by atoms with Crippen molar-refractivity contribution in [3.8, 4) is 5.75 Å². The molecule has 2 aromatic carbocycles. The number of nitrogens with one attached hydrogen (secondary N) is 3. The number of hydrogen-bond acceptors (Lipinski definition) is 3. The van der Waals surface area contributed by atoms with E-state index in [1.165, 1.54) is 24.3 Å². The number of benzene rings is 2. The van der Waals surface area contributed by atoms with E-state index < -0.39 is 11.7 Å². The molecule has 0 heterocycles. The first-order valence-electron chi connectivity index (χ1n) is 9.55. The topological polar surface area (TPSA) is 85.8 Å². The first-order chi connectivity index (χ1) is 14.3. The summed E-state index contributed by atoms with van der Waals surface area (Å²) in [6.07, 6.45) is -3.72. The molecule has 1 amide bonds. The number of aliphatic imine (C=N–C) groups is 1. The number of aromatic hydroxyl groups is 1. The molecule has 6 nitrogen and oxygen atoms in total. The number of nitrogens with zero attached hydrogens (tertiary/aromatic N) is 1. The molecule has 0 aliphatic carbocycles. The van der Waals surface area contributed by atoms with Crippen molar-refractivity contribution in [2.75, 3.05) is 19.6 Å². The lowest BCUT2D eigenvalue weighted by atomic mass is 10.1. The maximum absolute atomic E-state index is 12.6. The van der Waals surface area contributed by atoms with Crippen molar-refractivity contribution < 1.29 is 23.1 Å². The van der Waals surface area contributed by atoms with E-state index in [4.69, 9.17) is 0 Å². The standard InChI is InChI=1S/C21H25F3N4O2.HI/c1-2-25-20(28-14-15-7-9-17(10-8-15)21(22,23)24)27-12-4-11-26-19(30)16-5-3-6-18(29)13-16;/h3,5-10,13,29H,2,4,11-12,14H2,1H3,(H,26,30)(H2,25,27,28);1H. The van der Waals surface area contributed by atoms with Crippen LogP contribution in [0.2, 0.25) is 0 Å². The van der Waals surface area contributed by atoms with Gasteiger partial charge in [-0.1, -0.05) is 18.2 Å². The number of carbonyl (C=O) groups is 1. The van der Waals surface area contributed by atoms with Crippen molar-refractivity contribution in [3.05, 3.63) is 65.2 Å². The Labute approximate surface area is 196 Å². The van der Waals surface area contributed by atoms with Crippen LogP contribution in [0.1, 0.15) is 34.8 Å². The average Bonchev–Trinajstić information content (AvgIpc) is 2.71. The van der Waals surface area contributed by atoms with Crippen LogP contribution >= 0.6 is 24.0 Å². The monoisotopic (exact) mass is 550 g/mol. The minimum absolute atomic E-state index is 0. The van der Waals surface area contributed by atoms with Crippen LogP contribution in [0.15, 0.2) is 53.5 Å². The zero-order valence-corrected chi connectivity index (χ0v) is 19.3. The molecular formula is C21H26F3IN4O2. The first kappa shape index (κ1) is 26.5. The maximum atomic E-state index is 12.6. The molecule has 0 aliphatic heterocycles. The number of guanidine groups is 1. The summed E-state index contributed by atoms with van der Waals surface area (Å²) in [5.74, 6) is 0.300. The number of phenols is 1. The van der Waals surface area contributed by atoms with Crippen molar-refractivity contribution >= 4 is 35.8 Å². The molecule has 2 aromatic rings. The second-order valence-corrected chi connectivity index (χ2v) is 6.48. The fourth-order valence-electron chi connectivity index (χ4n) is 2.56. The normalized spacial score (nSPS) is 11.4. The first-order valence-corrected chi connectivity index (χ1v) is 9.55. The molecule has 0 unspecified atom stereocenters. The lowest BCUT2D eigenvalue weighted by molar-refractivity contribution is -0.137. The number of hydrogen-bond donors (Lipinski definition) is 4. The second kappa shape index (κ2) is 13.0. The number of carbonyl (C=O) groups excluding carboxylic acids is 1. The fraction of sp³-hybridized carbons (Fsp3) is 0.333. The van der Waals surface area contributed by atoms with Gasteiger partial charge in [0.25, 0.3) is 5.91 Å². The Morgan fingerprint density at radius 3 is 2.32 bits per heavy atom. The molecule has 2 rings (SSSR count). The van der Waals surface area contributed by atoms with E-state index in [2.05, 4.69) is 20.9 Å². The van der Waals surface area contributed by atoms with Gasteiger partial charge in [0.1, 0.15) is 5.75 Å². The van der Waals surface area contributed by atoms with Gasteiger partial charge in [0.15, 0.2) is 5.96 Å². The zero-order chi connectivity index (χ0) is 22.0. The third-order valence-corrected chi connectivity index (χ3v) is 4.09. The Balaban J connectivity index is 0.00000480. The van der Waals surface area contributed by atoms with Crippen molar-refractivity contribution in [1.82, 2.24) is 16.0 Å². The van der Waals surface area contributed by atoms with Crippen molar-refractivity contribution in [1.29, 1.82) is 0 Å². The highest BCUT2D eigenvalue weighted by molar-refractivity contribution is 14.0. The Kier molecular flexibility index (Phi) is 11.2. The Bertz CT molecular complexity index is 858. The molecule has 0 aromatic heterocycles. The van der Waals surface area contributed by atoms with Crippen LogP contribution in [-0.2, 0) is 12.7 Å². The van der Waals surface area contributed by atoms with Gasteiger partial charge in [0, 0.05) is 25.2 Å². The number of alkyl halides is 3. The Hall–Kier alpha value is -2.50. The summed E-state index contributed by atoms with van der Waals surface area (Å²) in [4.78, 5) is 16.4. The lowest BCUT2D eigenvalue weighted by Gasteiger charge is -2.12. The summed E-state index contributed by atoms with van der Waals surface area (Å²) < 4.78 is 37.8. The highest BCUT2D eigenvalue weighted by Gasteiger charge is 2.29. The summed E-state index contributed by atoms with van der Waals surface area (Å²) >= 11 is 0. The van der Waals surface area contributed by atoms with Gasteiger partial charge in [0.05, 0.1) is 12.1 Å². The minimum Gasteiger partial charge on any atom is -0.508 e. The average molecular weight is 550 g/mol. The lowest BCUT2D eigenvalue weighted by Crippen LogP contribution is -2.38. The third kappa shape index (κ3) is 9.45. The molecule has 0 saturated heterocycles. The molecule has 0 fully saturated rings. The van der Waals surface area contributed by atoms with E-state index in [9.17, 15) is 23.1 Å². The molecule has 10 heteroatoms. The number of phenolic OH excluding ortho intramolecular Hbond substituents is 1. The summed E-state index contributed by atoms with van der Waals surface area (Å²) in [5, 5.41) is 18.4. The minimum atomic E-state index is -4.35. The Morgan fingerprint density at radius 2 is 1.71 bits per heavy atom. The van der Waals surface area contributed by atoms with Gasteiger partial charge >= 0.3 is 6.18 Å². The van der Waals surface area contributed by atoms with Crippen molar-refractivity contribution in [3.63, 3.8) is 0 Å². The van der Waals surface area contributed by atoms with Crippen molar-refractivity contribution in [2.45, 2.75) is 26.1 Å². The summed E-state index contributed by atoms with van der Waals surface area (Å²) in [7, 11) is 0. The highest BCUT2D eigenvalue weighted by atomic mass is 127. The van der Waals surface area contributed by atoms with Gasteiger partial charge in [-0.15, -0.1) is 24.0 Å². The summed E-state index contributed by atoms with van der Waals surface area (Å²) in [5.41, 5.74) is 0.362. The highest BCUT2D eigenvalue weighted by Crippen LogP contribution is 2.29. The zero-order valence-electron chi connectivity index (χ0n) is 17.0. The van der Waals surface area contributed by atoms with Crippen molar-refractivity contribution in [2.24, 2.45) is 4.99 Å². The van der Waals surface area contributed by atoms with E-state index in [0.717, 1.165) is 12.1 Å². The molecule has 0 aliphatic rings. The van der Waals surface area contributed by atoms with Crippen LogP contribution in [0.25, 0.3) is 0 Å². The van der Waals surface area contributed by atoms with Gasteiger partial charge in [-0.3, -0.25) is 4.79 Å². The quantitative estimate of drug-likeness (QED) is 0.174. The van der Waals surface area contributed by atoms with E-state index in [1.807, 2.05) is 6.92 Å². The largest absolute Gasteiger partial charge is 0.508 e. The van der Waals surface area contributed by atoms with Crippen LogP contribution in [0.5, 0.6) is 5.75 Å². The van der Waals surface area contributed by atoms with E-state index in [0.29, 0.717) is 43.1 Å². The van der Waals surface area contributed by atoms with Crippen LogP contribution in [0.3, 0.4) is 0 Å². The SMILES string of the molecule is CCNC(=NCc1ccc(C(F)(F)F)cc1)NCCCNC(=O)c1cccc(O)c1.I. The molecule has 0 radical (unpaired) electrons. The predicted octanol–water partition coefficient (Wildman–Crippen LogP) is 3.90. The molecular weight excluding hydrogens is 524 g/mol. The second-order valence-electron chi connectivity index (χ2n) is 6.48. The van der Waals surface area contributed by atoms with E-state index in [-0.39, 0.29) is 42.2 Å². The van der Waals surface area contributed by atoms with Crippen LogP contribution < -0.4 is 16.0 Å².